The zero-order valence-electron chi connectivity index (χ0n) is 18.6. The van der Waals surface area contributed by atoms with Crippen LogP contribution in [0.25, 0.3) is 11.1 Å². The van der Waals surface area contributed by atoms with Crippen molar-refractivity contribution < 1.29 is 18.0 Å². The second-order valence-electron chi connectivity index (χ2n) is 8.61. The summed E-state index contributed by atoms with van der Waals surface area (Å²) in [6.07, 6.45) is 2.50. The molecule has 0 saturated carbocycles. The predicted octanol–water partition coefficient (Wildman–Crippen LogP) is 5.60. The highest BCUT2D eigenvalue weighted by atomic mass is 35.5. The van der Waals surface area contributed by atoms with Crippen LogP contribution in [0.4, 0.5) is 24.7 Å². The van der Waals surface area contributed by atoms with E-state index in [1.54, 1.807) is 17.1 Å². The summed E-state index contributed by atoms with van der Waals surface area (Å²) in [6.45, 7) is 4.18. The minimum atomic E-state index is -4.42. The molecule has 1 amide bonds. The standard InChI is InChI=1S/C24H24F3N5O.ClH/c1-16-15-31(19-7-5-18(6-8-19)24(25,26)27)23(33)22-20(14-29-32(16)22)17-9-10-28-21(13-17)30-11-3-2-4-12-30;/h5-10,13-14,16H,2-4,11-12,15H2,1H3;1H/t16-;/m0./s1. The van der Waals surface area contributed by atoms with E-state index < -0.39 is 11.7 Å². The van der Waals surface area contributed by atoms with E-state index in [2.05, 4.69) is 15.0 Å². The van der Waals surface area contributed by atoms with Gasteiger partial charge in [0.2, 0.25) is 0 Å². The molecule has 1 saturated heterocycles. The molecule has 2 aliphatic heterocycles. The van der Waals surface area contributed by atoms with Crippen LogP contribution >= 0.6 is 12.4 Å². The van der Waals surface area contributed by atoms with E-state index in [1.807, 2.05) is 19.1 Å². The maximum atomic E-state index is 13.5. The first-order valence-corrected chi connectivity index (χ1v) is 11.1. The van der Waals surface area contributed by atoms with Crippen molar-refractivity contribution in [2.24, 2.45) is 0 Å². The summed E-state index contributed by atoms with van der Waals surface area (Å²) in [6, 6.07) is 8.43. The summed E-state index contributed by atoms with van der Waals surface area (Å²) in [7, 11) is 0. The highest BCUT2D eigenvalue weighted by Gasteiger charge is 2.35. The Kier molecular flexibility index (Phi) is 6.58. The Morgan fingerprint density at radius 2 is 1.74 bits per heavy atom. The third-order valence-electron chi connectivity index (χ3n) is 6.35. The fourth-order valence-electron chi connectivity index (χ4n) is 4.61. The van der Waals surface area contributed by atoms with Crippen LogP contribution in [0.3, 0.4) is 0 Å². The monoisotopic (exact) mass is 491 g/mol. The first kappa shape index (κ1) is 24.1. The largest absolute Gasteiger partial charge is 0.416 e. The molecule has 1 fully saturated rings. The van der Waals surface area contributed by atoms with Crippen molar-refractivity contribution >= 4 is 29.8 Å². The number of pyridine rings is 1. The molecule has 0 unspecified atom stereocenters. The molecule has 3 aromatic rings. The molecule has 2 aromatic heterocycles. The first-order valence-electron chi connectivity index (χ1n) is 11.1. The number of piperidine rings is 1. The molecule has 5 rings (SSSR count). The Balaban J connectivity index is 0.00000274. The van der Waals surface area contributed by atoms with E-state index in [9.17, 15) is 18.0 Å². The molecule has 0 bridgehead atoms. The van der Waals surface area contributed by atoms with Gasteiger partial charge in [-0.1, -0.05) is 0 Å². The van der Waals surface area contributed by atoms with Gasteiger partial charge in [-0.15, -0.1) is 12.4 Å². The smallest absolute Gasteiger partial charge is 0.357 e. The van der Waals surface area contributed by atoms with Crippen molar-refractivity contribution in [3.05, 3.63) is 60.0 Å². The van der Waals surface area contributed by atoms with Crippen LogP contribution in [0.15, 0.2) is 48.8 Å². The summed E-state index contributed by atoms with van der Waals surface area (Å²) in [5.41, 5.74) is 1.67. The van der Waals surface area contributed by atoms with Crippen LogP contribution in [0.2, 0.25) is 0 Å². The lowest BCUT2D eigenvalue weighted by molar-refractivity contribution is -0.137. The first-order chi connectivity index (χ1) is 15.8. The molecule has 10 heteroatoms. The third kappa shape index (κ3) is 4.36. The number of halogens is 4. The van der Waals surface area contributed by atoms with Crippen LogP contribution in [0.5, 0.6) is 0 Å². The van der Waals surface area contributed by atoms with Gasteiger partial charge in [-0.05, 0) is 68.1 Å². The summed E-state index contributed by atoms with van der Waals surface area (Å²) in [5, 5.41) is 4.47. The van der Waals surface area contributed by atoms with Gasteiger partial charge in [0.25, 0.3) is 5.91 Å². The number of aromatic nitrogens is 3. The van der Waals surface area contributed by atoms with Crippen molar-refractivity contribution in [3.63, 3.8) is 0 Å². The SMILES string of the molecule is C[C@H]1CN(c2ccc(C(F)(F)F)cc2)C(=O)c2c(-c3ccnc(N4CCCCC4)c3)cnn21.Cl. The predicted molar refractivity (Wildman–Crippen MR) is 127 cm³/mol. The van der Waals surface area contributed by atoms with E-state index in [0.29, 0.717) is 23.5 Å². The van der Waals surface area contributed by atoms with E-state index in [0.717, 1.165) is 49.4 Å². The highest BCUT2D eigenvalue weighted by Crippen LogP contribution is 2.35. The molecule has 4 heterocycles. The number of carbonyl (C=O) groups is 1. The molecule has 0 aliphatic carbocycles. The summed E-state index contributed by atoms with van der Waals surface area (Å²) >= 11 is 0. The number of amides is 1. The lowest BCUT2D eigenvalue weighted by Gasteiger charge is -2.32. The van der Waals surface area contributed by atoms with Gasteiger partial charge in [0.05, 0.1) is 17.8 Å². The van der Waals surface area contributed by atoms with Crippen molar-refractivity contribution in [3.8, 4) is 11.1 Å². The molecule has 2 aliphatic rings. The average molecular weight is 492 g/mol. The Morgan fingerprint density at radius 1 is 1.03 bits per heavy atom. The fraction of sp³-hybridized carbons (Fsp3) is 0.375. The van der Waals surface area contributed by atoms with Crippen LogP contribution in [-0.4, -0.2) is 40.3 Å². The van der Waals surface area contributed by atoms with Crippen LogP contribution in [-0.2, 0) is 6.18 Å². The van der Waals surface area contributed by atoms with Gasteiger partial charge < -0.3 is 9.80 Å². The minimum absolute atomic E-state index is 0. The maximum Gasteiger partial charge on any atom is 0.416 e. The van der Waals surface area contributed by atoms with Crippen LogP contribution in [0.1, 0.15) is 48.3 Å². The van der Waals surface area contributed by atoms with Crippen molar-refractivity contribution in [2.45, 2.75) is 38.4 Å². The minimum Gasteiger partial charge on any atom is -0.357 e. The van der Waals surface area contributed by atoms with E-state index in [1.165, 1.54) is 23.5 Å². The van der Waals surface area contributed by atoms with Gasteiger partial charge in [-0.2, -0.15) is 18.3 Å². The Morgan fingerprint density at radius 3 is 2.41 bits per heavy atom. The lowest BCUT2D eigenvalue weighted by atomic mass is 10.0. The quantitative estimate of drug-likeness (QED) is 0.479. The van der Waals surface area contributed by atoms with Gasteiger partial charge in [0, 0.05) is 37.1 Å². The lowest BCUT2D eigenvalue weighted by Crippen LogP contribution is -2.42. The molecule has 1 atom stereocenters. The van der Waals surface area contributed by atoms with Gasteiger partial charge in [-0.3, -0.25) is 9.48 Å². The van der Waals surface area contributed by atoms with Crippen molar-refractivity contribution in [2.75, 3.05) is 29.4 Å². The summed E-state index contributed by atoms with van der Waals surface area (Å²) < 4.78 is 40.6. The zero-order chi connectivity index (χ0) is 23.2. The number of benzene rings is 1. The Labute approximate surface area is 201 Å². The topological polar surface area (TPSA) is 54.3 Å². The van der Waals surface area contributed by atoms with Crippen molar-refractivity contribution in [1.29, 1.82) is 0 Å². The molecule has 0 spiro atoms. The number of anilines is 2. The van der Waals surface area contributed by atoms with Gasteiger partial charge in [-0.25, -0.2) is 4.98 Å². The number of rotatable bonds is 3. The number of hydrogen-bond donors (Lipinski definition) is 0. The van der Waals surface area contributed by atoms with Crippen LogP contribution in [0, 0.1) is 0 Å². The number of fused-ring (bicyclic) bond motifs is 1. The summed E-state index contributed by atoms with van der Waals surface area (Å²) in [5.74, 6) is 0.597. The summed E-state index contributed by atoms with van der Waals surface area (Å²) in [4.78, 5) is 21.8. The third-order valence-corrected chi connectivity index (χ3v) is 6.35. The van der Waals surface area contributed by atoms with Crippen LogP contribution < -0.4 is 9.80 Å². The van der Waals surface area contributed by atoms with Gasteiger partial charge in [0.15, 0.2) is 0 Å². The number of carbonyl (C=O) groups excluding carboxylic acids is 1. The van der Waals surface area contributed by atoms with E-state index in [-0.39, 0.29) is 24.4 Å². The van der Waals surface area contributed by atoms with E-state index in [4.69, 9.17) is 0 Å². The molecule has 34 heavy (non-hydrogen) atoms. The van der Waals surface area contributed by atoms with Crippen molar-refractivity contribution in [1.82, 2.24) is 14.8 Å². The normalized spacial score (nSPS) is 18.5. The van der Waals surface area contributed by atoms with E-state index >= 15 is 0 Å². The average Bonchev–Trinajstić information content (AvgIpc) is 3.28. The number of nitrogens with zero attached hydrogens (tertiary/aromatic N) is 5. The molecule has 0 N–H and O–H groups in total. The molecule has 1 aromatic carbocycles. The number of alkyl halides is 3. The highest BCUT2D eigenvalue weighted by molar-refractivity contribution is 6.09. The second-order valence-corrected chi connectivity index (χ2v) is 8.61. The molecule has 0 radical (unpaired) electrons. The molecular weight excluding hydrogens is 467 g/mol. The molecule has 180 valence electrons. The van der Waals surface area contributed by atoms with Gasteiger partial charge >= 0.3 is 6.18 Å². The maximum absolute atomic E-state index is 13.5. The number of hydrogen-bond acceptors (Lipinski definition) is 4. The molecule has 6 nitrogen and oxygen atoms in total. The zero-order valence-corrected chi connectivity index (χ0v) is 19.4. The Hall–Kier alpha value is -3.07. The second kappa shape index (κ2) is 9.29. The Bertz CT molecular complexity index is 1170. The molecular formula is C24H25ClF3N5O. The fourth-order valence-corrected chi connectivity index (χ4v) is 4.61. The van der Waals surface area contributed by atoms with Gasteiger partial charge in [0.1, 0.15) is 11.5 Å².